The van der Waals surface area contributed by atoms with E-state index in [0.29, 0.717) is 11.3 Å². The van der Waals surface area contributed by atoms with Crippen molar-refractivity contribution in [2.45, 2.75) is 24.3 Å². The smallest absolute Gasteiger partial charge is 0.240 e. The molecule has 0 bridgehead atoms. The molecule has 0 radical (unpaired) electrons. The number of hydrogen-bond acceptors (Lipinski definition) is 4. The van der Waals surface area contributed by atoms with E-state index in [1.807, 2.05) is 6.26 Å². The summed E-state index contributed by atoms with van der Waals surface area (Å²) in [5.41, 5.74) is -0.760. The number of rotatable bonds is 6. The zero-order valence-electron chi connectivity index (χ0n) is 11.1. The third-order valence-corrected chi connectivity index (χ3v) is 4.86. The first-order valence-corrected chi connectivity index (χ1v) is 8.53. The molecule has 0 amide bonds. The van der Waals surface area contributed by atoms with E-state index in [1.54, 1.807) is 13.8 Å². The Hall–Kier alpha value is -0.630. The van der Waals surface area contributed by atoms with Crippen molar-refractivity contribution >= 4 is 21.8 Å². The standard InChI is InChI=1S/C12H18FNO3S2/c1-9-4-5-10(6-11(9)13)19(16,17)14-7-12(2,15)8-18-3/h4-6,14-15H,7-8H2,1-3H3. The van der Waals surface area contributed by atoms with E-state index in [9.17, 15) is 17.9 Å². The highest BCUT2D eigenvalue weighted by molar-refractivity contribution is 7.98. The minimum atomic E-state index is -3.81. The van der Waals surface area contributed by atoms with Crippen LogP contribution in [0.3, 0.4) is 0 Å². The topological polar surface area (TPSA) is 66.4 Å². The average Bonchev–Trinajstić information content (AvgIpc) is 2.30. The van der Waals surface area contributed by atoms with E-state index >= 15 is 0 Å². The van der Waals surface area contributed by atoms with E-state index in [-0.39, 0.29) is 11.4 Å². The Labute approximate surface area is 117 Å². The molecule has 7 heteroatoms. The third-order valence-electron chi connectivity index (χ3n) is 2.55. The zero-order valence-corrected chi connectivity index (χ0v) is 12.7. The van der Waals surface area contributed by atoms with Crippen LogP contribution in [0.1, 0.15) is 12.5 Å². The summed E-state index contributed by atoms with van der Waals surface area (Å²) in [5, 5.41) is 9.90. The largest absolute Gasteiger partial charge is 0.388 e. The highest BCUT2D eigenvalue weighted by Crippen LogP contribution is 2.15. The highest BCUT2D eigenvalue weighted by atomic mass is 32.2. The molecule has 1 unspecified atom stereocenters. The van der Waals surface area contributed by atoms with Gasteiger partial charge in [0.1, 0.15) is 5.82 Å². The minimum Gasteiger partial charge on any atom is -0.388 e. The fourth-order valence-corrected chi connectivity index (χ4v) is 3.33. The number of aryl methyl sites for hydroxylation is 1. The SMILES string of the molecule is CSCC(C)(O)CNS(=O)(=O)c1ccc(C)c(F)c1. The van der Waals surface area contributed by atoms with Gasteiger partial charge in [-0.1, -0.05) is 6.07 Å². The first-order valence-electron chi connectivity index (χ1n) is 5.65. The lowest BCUT2D eigenvalue weighted by Crippen LogP contribution is -2.42. The van der Waals surface area contributed by atoms with Crippen LogP contribution >= 0.6 is 11.8 Å². The molecular weight excluding hydrogens is 289 g/mol. The summed E-state index contributed by atoms with van der Waals surface area (Å²) in [4.78, 5) is -0.143. The summed E-state index contributed by atoms with van der Waals surface area (Å²) in [6.45, 7) is 2.98. The van der Waals surface area contributed by atoms with Crippen molar-refractivity contribution in [1.82, 2.24) is 4.72 Å². The Morgan fingerprint density at radius 1 is 1.47 bits per heavy atom. The van der Waals surface area contributed by atoms with E-state index in [0.717, 1.165) is 6.07 Å². The molecule has 108 valence electrons. The summed E-state index contributed by atoms with van der Waals surface area (Å²) in [5.74, 6) is -0.170. The molecule has 0 aromatic heterocycles. The second-order valence-electron chi connectivity index (χ2n) is 4.67. The van der Waals surface area contributed by atoms with Crippen molar-refractivity contribution in [3.8, 4) is 0 Å². The van der Waals surface area contributed by atoms with Crippen LogP contribution in [0.5, 0.6) is 0 Å². The Balaban J connectivity index is 2.84. The van der Waals surface area contributed by atoms with Crippen molar-refractivity contribution in [1.29, 1.82) is 0 Å². The molecule has 19 heavy (non-hydrogen) atoms. The van der Waals surface area contributed by atoms with E-state index in [1.165, 1.54) is 23.9 Å². The van der Waals surface area contributed by atoms with Gasteiger partial charge in [0, 0.05) is 12.3 Å². The van der Waals surface area contributed by atoms with Gasteiger partial charge in [0.2, 0.25) is 10.0 Å². The minimum absolute atomic E-state index is 0.119. The van der Waals surface area contributed by atoms with E-state index in [2.05, 4.69) is 4.72 Å². The van der Waals surface area contributed by atoms with E-state index in [4.69, 9.17) is 0 Å². The van der Waals surface area contributed by atoms with Gasteiger partial charge in [-0.3, -0.25) is 0 Å². The van der Waals surface area contributed by atoms with Crippen LogP contribution in [-0.4, -0.2) is 37.7 Å². The summed E-state index contributed by atoms with van der Waals surface area (Å²) in [6.07, 6.45) is 1.82. The first-order chi connectivity index (χ1) is 8.68. The van der Waals surface area contributed by atoms with Crippen LogP contribution in [0.4, 0.5) is 4.39 Å². The van der Waals surface area contributed by atoms with Gasteiger partial charge < -0.3 is 5.11 Å². The molecule has 1 rings (SSSR count). The maximum Gasteiger partial charge on any atom is 0.240 e. The summed E-state index contributed by atoms with van der Waals surface area (Å²) < 4.78 is 39.6. The Morgan fingerprint density at radius 2 is 2.11 bits per heavy atom. The van der Waals surface area contributed by atoms with Crippen LogP contribution in [0.2, 0.25) is 0 Å². The fraction of sp³-hybridized carbons (Fsp3) is 0.500. The Kier molecular flexibility index (Phi) is 5.37. The van der Waals surface area contributed by atoms with Gasteiger partial charge in [0.25, 0.3) is 0 Å². The molecule has 0 fully saturated rings. The molecule has 0 heterocycles. The fourth-order valence-electron chi connectivity index (χ4n) is 1.44. The van der Waals surface area contributed by atoms with E-state index < -0.39 is 21.4 Å². The predicted octanol–water partition coefficient (Wildman–Crippen LogP) is 1.53. The molecule has 0 aliphatic carbocycles. The molecule has 1 aromatic rings. The molecule has 0 saturated heterocycles. The number of hydrogen-bond donors (Lipinski definition) is 2. The molecular formula is C12H18FNO3S2. The monoisotopic (exact) mass is 307 g/mol. The van der Waals surface area contributed by atoms with Crippen molar-refractivity contribution in [3.05, 3.63) is 29.6 Å². The molecule has 0 spiro atoms. The highest BCUT2D eigenvalue weighted by Gasteiger charge is 2.24. The van der Waals surface area contributed by atoms with Gasteiger partial charge in [-0.25, -0.2) is 17.5 Å². The Bertz CT molecular complexity index is 544. The van der Waals surface area contributed by atoms with Gasteiger partial charge in [0.15, 0.2) is 0 Å². The molecule has 2 N–H and O–H groups in total. The number of benzene rings is 1. The Morgan fingerprint density at radius 3 is 2.63 bits per heavy atom. The average molecular weight is 307 g/mol. The lowest BCUT2D eigenvalue weighted by atomic mass is 10.1. The summed E-state index contributed by atoms with van der Waals surface area (Å²) in [6, 6.07) is 3.72. The lowest BCUT2D eigenvalue weighted by Gasteiger charge is -2.22. The number of sulfonamides is 1. The quantitative estimate of drug-likeness (QED) is 0.836. The van der Waals surface area contributed by atoms with Gasteiger partial charge in [0.05, 0.1) is 10.5 Å². The maximum atomic E-state index is 13.4. The maximum absolute atomic E-state index is 13.4. The van der Waals surface area contributed by atoms with Crippen LogP contribution < -0.4 is 4.72 Å². The number of halogens is 1. The lowest BCUT2D eigenvalue weighted by molar-refractivity contribution is 0.0908. The van der Waals surface area contributed by atoms with Crippen LogP contribution in [0.25, 0.3) is 0 Å². The number of thioether (sulfide) groups is 1. The normalized spacial score (nSPS) is 15.2. The van der Waals surface area contributed by atoms with Crippen LogP contribution in [0, 0.1) is 12.7 Å². The van der Waals surface area contributed by atoms with Gasteiger partial charge >= 0.3 is 0 Å². The van der Waals surface area contributed by atoms with Gasteiger partial charge in [-0.05, 0) is 37.8 Å². The van der Waals surface area contributed by atoms with Crippen molar-refractivity contribution < 1.29 is 17.9 Å². The number of nitrogens with one attached hydrogen (secondary N) is 1. The molecule has 1 atom stereocenters. The summed E-state index contributed by atoms with van der Waals surface area (Å²) in [7, 11) is -3.81. The molecule has 0 saturated carbocycles. The second kappa shape index (κ2) is 6.21. The summed E-state index contributed by atoms with van der Waals surface area (Å²) >= 11 is 1.41. The molecule has 0 aliphatic rings. The second-order valence-corrected chi connectivity index (χ2v) is 7.30. The molecule has 0 aliphatic heterocycles. The van der Waals surface area contributed by atoms with Crippen molar-refractivity contribution in [2.75, 3.05) is 18.6 Å². The van der Waals surface area contributed by atoms with Crippen LogP contribution in [-0.2, 0) is 10.0 Å². The molecule has 4 nitrogen and oxygen atoms in total. The zero-order chi connectivity index (χ0) is 14.7. The van der Waals surface area contributed by atoms with Gasteiger partial charge in [-0.2, -0.15) is 11.8 Å². The molecule has 1 aromatic carbocycles. The van der Waals surface area contributed by atoms with Crippen molar-refractivity contribution in [3.63, 3.8) is 0 Å². The third kappa shape index (κ3) is 4.76. The van der Waals surface area contributed by atoms with Crippen molar-refractivity contribution in [2.24, 2.45) is 0 Å². The predicted molar refractivity (Wildman–Crippen MR) is 75.3 cm³/mol. The first kappa shape index (κ1) is 16.4. The van der Waals surface area contributed by atoms with Gasteiger partial charge in [-0.15, -0.1) is 0 Å². The number of aliphatic hydroxyl groups is 1. The van der Waals surface area contributed by atoms with Crippen LogP contribution in [0.15, 0.2) is 23.1 Å².